The van der Waals surface area contributed by atoms with E-state index in [0.29, 0.717) is 17.2 Å². The van der Waals surface area contributed by atoms with Crippen LogP contribution < -0.4 is 20.9 Å². The Morgan fingerprint density at radius 1 is 1.09 bits per heavy atom. The summed E-state index contributed by atoms with van der Waals surface area (Å²) in [5.41, 5.74) is 3.78. The molecule has 0 unspecified atom stereocenters. The minimum atomic E-state index is -0.394. The maximum atomic E-state index is 10.9. The molecule has 0 amide bonds. The van der Waals surface area contributed by atoms with Gasteiger partial charge in [-0.1, -0.05) is 18.2 Å². The third kappa shape index (κ3) is 5.53. The van der Waals surface area contributed by atoms with Crippen LogP contribution in [-0.2, 0) is 0 Å². The van der Waals surface area contributed by atoms with Crippen molar-refractivity contribution in [2.45, 2.75) is 44.7 Å². The number of nitro groups is 1. The number of nitrogens with zero attached hydrogens (tertiary/aromatic N) is 3. The number of thiocarbonyl (C=S) groups is 1. The maximum absolute atomic E-state index is 10.9. The van der Waals surface area contributed by atoms with E-state index in [4.69, 9.17) is 17.2 Å². The van der Waals surface area contributed by atoms with Crippen LogP contribution in [0.3, 0.4) is 0 Å². The summed E-state index contributed by atoms with van der Waals surface area (Å²) in [5.74, 6) is 0.907. The molecule has 1 aliphatic rings. The van der Waals surface area contributed by atoms with Gasteiger partial charge in [0.15, 0.2) is 5.11 Å². The van der Waals surface area contributed by atoms with E-state index in [2.05, 4.69) is 53.1 Å². The number of nitrogens with one attached hydrogen (secondary N) is 3. The Morgan fingerprint density at radius 2 is 1.79 bits per heavy atom. The fraction of sp³-hybridized carbons (Fsp3) is 0.360. The van der Waals surface area contributed by atoms with E-state index >= 15 is 0 Å². The van der Waals surface area contributed by atoms with E-state index in [9.17, 15) is 10.1 Å². The molecule has 0 saturated heterocycles. The number of non-ortho nitro benzene ring substituents is 1. The van der Waals surface area contributed by atoms with Gasteiger partial charge >= 0.3 is 0 Å². The van der Waals surface area contributed by atoms with Gasteiger partial charge in [-0.3, -0.25) is 10.1 Å². The number of rotatable bonds is 6. The molecule has 1 saturated carbocycles. The smallest absolute Gasteiger partial charge is 0.269 e. The number of hydrogen-bond acceptors (Lipinski definition) is 6. The first-order chi connectivity index (χ1) is 16.3. The van der Waals surface area contributed by atoms with Crippen LogP contribution >= 0.6 is 12.2 Å². The number of pyridine rings is 1. The molecule has 1 aromatic heterocycles. The van der Waals surface area contributed by atoms with Gasteiger partial charge in [0.1, 0.15) is 5.82 Å². The fourth-order valence-electron chi connectivity index (χ4n) is 4.44. The van der Waals surface area contributed by atoms with Crippen molar-refractivity contribution in [2.75, 3.05) is 29.6 Å². The number of nitro benzene ring substituents is 1. The van der Waals surface area contributed by atoms with E-state index < -0.39 is 4.92 Å². The zero-order valence-corrected chi connectivity index (χ0v) is 20.5. The first-order valence-corrected chi connectivity index (χ1v) is 11.9. The third-order valence-electron chi connectivity index (χ3n) is 6.26. The average molecular weight is 479 g/mol. The van der Waals surface area contributed by atoms with E-state index in [1.54, 1.807) is 12.1 Å². The van der Waals surface area contributed by atoms with Crippen molar-refractivity contribution in [1.82, 2.24) is 10.3 Å². The van der Waals surface area contributed by atoms with Gasteiger partial charge in [0.25, 0.3) is 5.69 Å². The summed E-state index contributed by atoms with van der Waals surface area (Å²) < 4.78 is 0. The van der Waals surface area contributed by atoms with Crippen molar-refractivity contribution < 1.29 is 4.92 Å². The second-order valence-corrected chi connectivity index (χ2v) is 9.39. The summed E-state index contributed by atoms with van der Waals surface area (Å²) in [5, 5.41) is 22.8. The average Bonchev–Trinajstić information content (AvgIpc) is 2.81. The number of para-hydroxylation sites is 1. The van der Waals surface area contributed by atoms with Gasteiger partial charge in [-0.2, -0.15) is 0 Å². The van der Waals surface area contributed by atoms with Gasteiger partial charge in [-0.25, -0.2) is 4.98 Å². The molecule has 0 bridgehead atoms. The lowest BCUT2D eigenvalue weighted by atomic mass is 9.91. The molecule has 9 heteroatoms. The summed E-state index contributed by atoms with van der Waals surface area (Å²) in [6.07, 6.45) is 4.02. The Labute approximate surface area is 204 Å². The van der Waals surface area contributed by atoms with E-state index in [1.165, 1.54) is 6.07 Å². The highest BCUT2D eigenvalue weighted by Crippen LogP contribution is 2.29. The SMILES string of the molecule is Cc1cc([N+](=O)[O-])ccc1NC(=S)N[C@H]1CC[C@@H](Nc2cc(N(C)C)c3ccccc3n2)CC1. The zero-order valence-electron chi connectivity index (χ0n) is 19.7. The van der Waals surface area contributed by atoms with Crippen LogP contribution in [0.15, 0.2) is 48.5 Å². The Hall–Kier alpha value is -3.46. The van der Waals surface area contributed by atoms with Crippen LogP contribution in [0, 0.1) is 17.0 Å². The van der Waals surface area contributed by atoms with Gasteiger partial charge < -0.3 is 20.9 Å². The second-order valence-electron chi connectivity index (χ2n) is 8.99. The summed E-state index contributed by atoms with van der Waals surface area (Å²) >= 11 is 5.49. The minimum Gasteiger partial charge on any atom is -0.377 e. The minimum absolute atomic E-state index is 0.0753. The van der Waals surface area contributed by atoms with Gasteiger partial charge in [-0.05, 0) is 62.5 Å². The highest BCUT2D eigenvalue weighted by molar-refractivity contribution is 7.80. The van der Waals surface area contributed by atoms with Crippen molar-refractivity contribution in [3.63, 3.8) is 0 Å². The summed E-state index contributed by atoms with van der Waals surface area (Å²) in [6.45, 7) is 1.83. The van der Waals surface area contributed by atoms with Crippen molar-refractivity contribution in [3.05, 3.63) is 64.2 Å². The zero-order chi connectivity index (χ0) is 24.2. The van der Waals surface area contributed by atoms with E-state index in [-0.39, 0.29) is 5.69 Å². The summed E-state index contributed by atoms with van der Waals surface area (Å²) in [4.78, 5) is 17.5. The monoisotopic (exact) mass is 478 g/mol. The molecule has 178 valence electrons. The molecule has 0 radical (unpaired) electrons. The van der Waals surface area contributed by atoms with E-state index in [1.807, 2.05) is 19.1 Å². The van der Waals surface area contributed by atoms with Gasteiger partial charge in [0.2, 0.25) is 0 Å². The predicted octanol–water partition coefficient (Wildman–Crippen LogP) is 5.23. The Morgan fingerprint density at radius 3 is 2.47 bits per heavy atom. The number of anilines is 3. The molecule has 0 spiro atoms. The fourth-order valence-corrected chi connectivity index (χ4v) is 4.71. The van der Waals surface area contributed by atoms with Crippen LogP contribution in [0.2, 0.25) is 0 Å². The highest BCUT2D eigenvalue weighted by atomic mass is 32.1. The Bertz CT molecular complexity index is 1210. The maximum Gasteiger partial charge on any atom is 0.269 e. The first kappa shape index (κ1) is 23.7. The molecule has 1 heterocycles. The van der Waals surface area contributed by atoms with Crippen LogP contribution in [0.5, 0.6) is 0 Å². The lowest BCUT2D eigenvalue weighted by Crippen LogP contribution is -2.42. The quantitative estimate of drug-likeness (QED) is 0.252. The topological polar surface area (TPSA) is 95.4 Å². The van der Waals surface area contributed by atoms with Crippen LogP contribution in [0.1, 0.15) is 31.2 Å². The van der Waals surface area contributed by atoms with Gasteiger partial charge in [-0.15, -0.1) is 0 Å². The first-order valence-electron chi connectivity index (χ1n) is 11.5. The molecule has 3 N–H and O–H groups in total. The molecule has 2 aromatic carbocycles. The largest absolute Gasteiger partial charge is 0.377 e. The van der Waals surface area contributed by atoms with Crippen LogP contribution in [-0.4, -0.2) is 41.2 Å². The number of benzene rings is 2. The van der Waals surface area contributed by atoms with Crippen molar-refractivity contribution in [3.8, 4) is 0 Å². The molecule has 0 aliphatic heterocycles. The summed E-state index contributed by atoms with van der Waals surface area (Å²) in [6, 6.07) is 15.7. The molecule has 1 aliphatic carbocycles. The predicted molar refractivity (Wildman–Crippen MR) is 143 cm³/mol. The molecular formula is C25H30N6O2S. The number of aryl methyl sites for hydroxylation is 1. The van der Waals surface area contributed by atoms with E-state index in [0.717, 1.165) is 59.3 Å². The number of fused-ring (bicyclic) bond motifs is 1. The third-order valence-corrected chi connectivity index (χ3v) is 6.48. The number of hydrogen-bond donors (Lipinski definition) is 3. The molecule has 0 atom stereocenters. The van der Waals surface area contributed by atoms with Crippen LogP contribution in [0.4, 0.5) is 22.9 Å². The Kier molecular flexibility index (Phi) is 7.12. The summed E-state index contributed by atoms with van der Waals surface area (Å²) in [7, 11) is 4.11. The number of aromatic nitrogens is 1. The highest BCUT2D eigenvalue weighted by Gasteiger charge is 2.22. The standard InChI is InChI=1S/C25H30N6O2S/c1-16-14-19(31(32)33)12-13-21(16)29-25(34)27-18-10-8-17(9-11-18)26-24-15-23(30(2)3)20-6-4-5-7-22(20)28-24/h4-7,12-15,17-18H,8-11H2,1-3H3,(H,26,28)(H2,27,29,34)/t17-,18+. The molecule has 34 heavy (non-hydrogen) atoms. The lowest BCUT2D eigenvalue weighted by Gasteiger charge is -2.31. The van der Waals surface area contributed by atoms with Gasteiger partial charge in [0, 0.05) is 61.1 Å². The second kappa shape index (κ2) is 10.2. The normalized spacial score (nSPS) is 17.7. The van der Waals surface area contributed by atoms with Crippen molar-refractivity contribution >= 4 is 51.1 Å². The molecule has 8 nitrogen and oxygen atoms in total. The Balaban J connectivity index is 1.32. The van der Waals surface area contributed by atoms with Crippen molar-refractivity contribution in [2.24, 2.45) is 0 Å². The molecule has 4 rings (SSSR count). The lowest BCUT2D eigenvalue weighted by molar-refractivity contribution is -0.384. The molecule has 1 fully saturated rings. The van der Waals surface area contributed by atoms with Gasteiger partial charge in [0.05, 0.1) is 10.4 Å². The van der Waals surface area contributed by atoms with Crippen LogP contribution in [0.25, 0.3) is 10.9 Å². The molecule has 3 aromatic rings. The molecular weight excluding hydrogens is 448 g/mol. The van der Waals surface area contributed by atoms with Crippen molar-refractivity contribution in [1.29, 1.82) is 0 Å².